The van der Waals surface area contributed by atoms with Crippen molar-refractivity contribution in [3.8, 4) is 11.1 Å². The Morgan fingerprint density at radius 2 is 1.31 bits per heavy atom. The van der Waals surface area contributed by atoms with E-state index in [1.54, 1.807) is 54.6 Å². The molecule has 274 valence electrons. The van der Waals surface area contributed by atoms with Crippen LogP contribution in [0.2, 0.25) is 0 Å². The molecular formula is C36H42F3N5O6S. The number of rotatable bonds is 18. The van der Waals surface area contributed by atoms with Crippen molar-refractivity contribution in [2.24, 2.45) is 5.73 Å². The second-order valence-corrected chi connectivity index (χ2v) is 12.8. The molecule has 3 aromatic carbocycles. The maximum Gasteiger partial charge on any atom is 0.416 e. The van der Waals surface area contributed by atoms with Crippen molar-refractivity contribution in [3.63, 3.8) is 0 Å². The van der Waals surface area contributed by atoms with Crippen molar-refractivity contribution in [1.82, 2.24) is 21.3 Å². The average Bonchev–Trinajstić information content (AvgIpc) is 3.11. The smallest absolute Gasteiger partial charge is 0.382 e. The first-order valence-electron chi connectivity index (χ1n) is 16.1. The van der Waals surface area contributed by atoms with Crippen LogP contribution in [0.4, 0.5) is 13.2 Å². The summed E-state index contributed by atoms with van der Waals surface area (Å²) in [5, 5.41) is 19.6. The minimum Gasteiger partial charge on any atom is -0.382 e. The van der Waals surface area contributed by atoms with Crippen molar-refractivity contribution < 1.29 is 42.3 Å². The van der Waals surface area contributed by atoms with Crippen molar-refractivity contribution in [2.75, 3.05) is 12.0 Å². The van der Waals surface area contributed by atoms with Gasteiger partial charge in [-0.15, -0.1) is 0 Å². The van der Waals surface area contributed by atoms with E-state index in [1.165, 1.54) is 18.7 Å². The van der Waals surface area contributed by atoms with Crippen LogP contribution in [0.5, 0.6) is 0 Å². The van der Waals surface area contributed by atoms with Gasteiger partial charge >= 0.3 is 6.18 Å². The van der Waals surface area contributed by atoms with E-state index < -0.39 is 78.8 Å². The number of amides is 5. The van der Waals surface area contributed by atoms with E-state index in [9.17, 15) is 42.3 Å². The Balaban J connectivity index is 1.75. The predicted molar refractivity (Wildman–Crippen MR) is 188 cm³/mol. The van der Waals surface area contributed by atoms with Crippen LogP contribution in [-0.4, -0.2) is 83.1 Å². The molecule has 11 nitrogen and oxygen atoms in total. The molecule has 0 spiro atoms. The molecule has 0 aliphatic rings. The van der Waals surface area contributed by atoms with Gasteiger partial charge in [-0.2, -0.15) is 24.9 Å². The number of hydrogen-bond acceptors (Lipinski definition) is 7. The SMILES string of the molecule is CSCC[C@H](NC(=O)c1ccc(-c2ccccc2)cc1)C(=O)N[C@@H](Cc1ccccc1)C(=O)N[C@@H](C)C(=O)NC(CCC(N)=O)C(O)C(F)(F)F. The summed E-state index contributed by atoms with van der Waals surface area (Å²) in [6.45, 7) is 1.21. The van der Waals surface area contributed by atoms with Crippen LogP contribution in [0.3, 0.4) is 0 Å². The van der Waals surface area contributed by atoms with E-state index in [0.29, 0.717) is 16.9 Å². The van der Waals surface area contributed by atoms with Crippen LogP contribution < -0.4 is 27.0 Å². The molecule has 51 heavy (non-hydrogen) atoms. The van der Waals surface area contributed by atoms with E-state index in [0.717, 1.165) is 11.1 Å². The molecule has 0 saturated heterocycles. The van der Waals surface area contributed by atoms with Gasteiger partial charge in [-0.25, -0.2) is 0 Å². The number of nitrogens with two attached hydrogens (primary N) is 1. The number of aliphatic hydroxyl groups excluding tert-OH is 1. The van der Waals surface area contributed by atoms with Crippen molar-refractivity contribution in [2.45, 2.75) is 69.1 Å². The molecule has 0 radical (unpaired) electrons. The van der Waals surface area contributed by atoms with E-state index in [1.807, 2.05) is 41.9 Å². The third-order valence-corrected chi connectivity index (χ3v) is 8.54. The highest BCUT2D eigenvalue weighted by Gasteiger charge is 2.44. The topological polar surface area (TPSA) is 180 Å². The van der Waals surface area contributed by atoms with Crippen molar-refractivity contribution in [3.05, 3.63) is 96.1 Å². The van der Waals surface area contributed by atoms with Crippen LogP contribution in [0, 0.1) is 0 Å². The predicted octanol–water partition coefficient (Wildman–Crippen LogP) is 3.11. The maximum absolute atomic E-state index is 13.7. The standard InChI is InChI=1S/C36H42F3N5O6S/c1-22(32(47)42-27(17-18-30(40)45)31(46)36(37,38)39)41-35(50)29(21-23-9-5-3-6-10-23)44-34(49)28(19-20-51-2)43-33(48)26-15-13-25(14-16-26)24-11-7-4-8-12-24/h3-16,22,27-29,31,46H,17-21H2,1-2H3,(H2,40,45)(H,41,50)(H,42,47)(H,43,48)(H,44,49)/t22-,27?,28-,29-,31?/m0/s1. The molecule has 15 heteroatoms. The first-order chi connectivity index (χ1) is 24.2. The fourth-order valence-electron chi connectivity index (χ4n) is 5.04. The number of thioether (sulfide) groups is 1. The Hall–Kier alpha value is -4.89. The van der Waals surface area contributed by atoms with E-state index >= 15 is 0 Å². The summed E-state index contributed by atoms with van der Waals surface area (Å²) in [5.74, 6) is -3.50. The molecule has 5 atom stereocenters. The zero-order chi connectivity index (χ0) is 37.6. The lowest BCUT2D eigenvalue weighted by Crippen LogP contribution is -2.58. The first-order valence-corrected chi connectivity index (χ1v) is 17.5. The molecule has 0 fully saturated rings. The zero-order valence-corrected chi connectivity index (χ0v) is 28.9. The Labute approximate surface area is 298 Å². The first kappa shape index (κ1) is 40.5. The quantitative estimate of drug-likeness (QED) is 0.116. The van der Waals surface area contributed by atoms with Crippen LogP contribution >= 0.6 is 11.8 Å². The Morgan fingerprint density at radius 1 is 0.745 bits per heavy atom. The van der Waals surface area contributed by atoms with Gasteiger partial charge in [0.15, 0.2) is 6.10 Å². The molecule has 0 aromatic heterocycles. The number of alkyl halides is 3. The molecule has 5 amide bonds. The molecule has 3 aromatic rings. The summed E-state index contributed by atoms with van der Waals surface area (Å²) in [6, 6.07) is 19.5. The number of primary amides is 1. The fourth-order valence-corrected chi connectivity index (χ4v) is 5.52. The molecule has 0 aliphatic heterocycles. The van der Waals surface area contributed by atoms with Gasteiger partial charge in [0, 0.05) is 18.4 Å². The van der Waals surface area contributed by atoms with Crippen LogP contribution in [0.25, 0.3) is 11.1 Å². The van der Waals surface area contributed by atoms with Crippen molar-refractivity contribution >= 4 is 41.3 Å². The minimum absolute atomic E-state index is 0.0229. The summed E-state index contributed by atoms with van der Waals surface area (Å²) >= 11 is 1.45. The van der Waals surface area contributed by atoms with Gasteiger partial charge in [0.2, 0.25) is 23.6 Å². The lowest BCUT2D eigenvalue weighted by atomic mass is 10.0. The highest BCUT2D eigenvalue weighted by Crippen LogP contribution is 2.24. The average molecular weight is 730 g/mol. The third-order valence-electron chi connectivity index (χ3n) is 7.90. The van der Waals surface area contributed by atoms with Gasteiger partial charge in [-0.05, 0) is 60.6 Å². The number of carbonyl (C=O) groups is 5. The van der Waals surface area contributed by atoms with Crippen LogP contribution in [0.1, 0.15) is 42.1 Å². The summed E-state index contributed by atoms with van der Waals surface area (Å²) in [6.07, 6.45) is -7.21. The zero-order valence-electron chi connectivity index (χ0n) is 28.1. The summed E-state index contributed by atoms with van der Waals surface area (Å²) in [5.41, 5.74) is 7.88. The summed E-state index contributed by atoms with van der Waals surface area (Å²) in [4.78, 5) is 64.5. The lowest BCUT2D eigenvalue weighted by Gasteiger charge is -2.28. The van der Waals surface area contributed by atoms with Crippen molar-refractivity contribution in [1.29, 1.82) is 0 Å². The van der Waals surface area contributed by atoms with Gasteiger partial charge in [0.25, 0.3) is 5.91 Å². The molecule has 3 rings (SSSR count). The highest BCUT2D eigenvalue weighted by molar-refractivity contribution is 7.98. The molecule has 0 aliphatic carbocycles. The van der Waals surface area contributed by atoms with Crippen LogP contribution in [0.15, 0.2) is 84.9 Å². The van der Waals surface area contributed by atoms with E-state index in [-0.39, 0.29) is 12.8 Å². The Kier molecular flexibility index (Phi) is 15.5. The Morgan fingerprint density at radius 3 is 1.88 bits per heavy atom. The van der Waals surface area contributed by atoms with Gasteiger partial charge in [-0.3, -0.25) is 24.0 Å². The van der Waals surface area contributed by atoms with Gasteiger partial charge in [-0.1, -0.05) is 72.8 Å². The molecule has 0 saturated carbocycles. The van der Waals surface area contributed by atoms with E-state index in [4.69, 9.17) is 5.73 Å². The molecule has 7 N–H and O–H groups in total. The van der Waals surface area contributed by atoms with Gasteiger partial charge in [0.05, 0.1) is 6.04 Å². The second kappa shape index (κ2) is 19.5. The monoisotopic (exact) mass is 729 g/mol. The largest absolute Gasteiger partial charge is 0.416 e. The number of benzene rings is 3. The number of nitrogens with one attached hydrogen (secondary N) is 4. The van der Waals surface area contributed by atoms with Crippen LogP contribution in [-0.2, 0) is 25.6 Å². The van der Waals surface area contributed by atoms with Gasteiger partial charge in [0.1, 0.15) is 18.1 Å². The molecule has 0 heterocycles. The minimum atomic E-state index is -5.11. The Bertz CT molecular complexity index is 1610. The maximum atomic E-state index is 13.7. The third kappa shape index (κ3) is 13.1. The molecular weight excluding hydrogens is 687 g/mol. The number of aliphatic hydroxyl groups is 1. The molecule has 2 unspecified atom stereocenters. The summed E-state index contributed by atoms with van der Waals surface area (Å²) < 4.78 is 39.8. The summed E-state index contributed by atoms with van der Waals surface area (Å²) in [7, 11) is 0. The highest BCUT2D eigenvalue weighted by atomic mass is 32.2. The number of carbonyl (C=O) groups excluding carboxylic acids is 5. The fraction of sp³-hybridized carbons (Fsp3) is 0.361. The lowest BCUT2D eigenvalue weighted by molar-refractivity contribution is -0.212. The second-order valence-electron chi connectivity index (χ2n) is 11.8. The molecule has 0 bridgehead atoms. The normalized spacial score (nSPS) is 14.2. The van der Waals surface area contributed by atoms with E-state index in [2.05, 4.69) is 16.0 Å². The number of hydrogen-bond donors (Lipinski definition) is 6. The van der Waals surface area contributed by atoms with Gasteiger partial charge < -0.3 is 32.1 Å². The number of halogens is 3.